The fraction of sp³-hybridized carbons (Fsp3) is 0.450. The van der Waals surface area contributed by atoms with Gasteiger partial charge in [-0.15, -0.1) is 0 Å². The Labute approximate surface area is 148 Å². The third-order valence-corrected chi connectivity index (χ3v) is 4.60. The number of benzene rings is 1. The third kappa shape index (κ3) is 4.35. The van der Waals surface area contributed by atoms with Crippen LogP contribution in [-0.4, -0.2) is 40.8 Å². The van der Waals surface area contributed by atoms with E-state index in [0.717, 1.165) is 23.7 Å². The van der Waals surface area contributed by atoms with Crippen molar-refractivity contribution in [3.63, 3.8) is 0 Å². The van der Waals surface area contributed by atoms with E-state index >= 15 is 0 Å². The van der Waals surface area contributed by atoms with Gasteiger partial charge in [-0.25, -0.2) is 4.98 Å². The molecule has 25 heavy (non-hydrogen) atoms. The molecule has 1 N–H and O–H groups in total. The van der Waals surface area contributed by atoms with Crippen LogP contribution in [0.4, 0.5) is 0 Å². The van der Waals surface area contributed by atoms with Crippen molar-refractivity contribution in [2.24, 2.45) is 5.92 Å². The molecule has 0 saturated carbocycles. The SMILES string of the molecule is CC(C)CC(=O)N1CCC(NC(=O)c2ccc3ccccc3n2)CC1. The molecule has 1 fully saturated rings. The molecule has 0 spiro atoms. The zero-order chi connectivity index (χ0) is 17.8. The van der Waals surface area contributed by atoms with E-state index in [0.29, 0.717) is 31.1 Å². The molecule has 0 bridgehead atoms. The zero-order valence-corrected chi connectivity index (χ0v) is 14.9. The van der Waals surface area contributed by atoms with Crippen molar-refractivity contribution in [3.05, 3.63) is 42.1 Å². The molecule has 5 nitrogen and oxygen atoms in total. The van der Waals surface area contributed by atoms with Gasteiger partial charge >= 0.3 is 0 Å². The molecule has 2 aromatic rings. The standard InChI is InChI=1S/C20H25N3O2/c1-14(2)13-19(24)23-11-9-16(10-12-23)21-20(25)18-8-7-15-5-3-4-6-17(15)22-18/h3-8,14,16H,9-13H2,1-2H3,(H,21,25). The van der Waals surface area contributed by atoms with Crippen molar-refractivity contribution in [3.8, 4) is 0 Å². The second kappa shape index (κ2) is 7.64. The van der Waals surface area contributed by atoms with Crippen molar-refractivity contribution < 1.29 is 9.59 Å². The molecule has 1 aliphatic heterocycles. The quantitative estimate of drug-likeness (QED) is 0.931. The lowest BCUT2D eigenvalue weighted by Gasteiger charge is -2.32. The number of nitrogens with one attached hydrogen (secondary N) is 1. The van der Waals surface area contributed by atoms with E-state index < -0.39 is 0 Å². The first kappa shape index (κ1) is 17.4. The number of rotatable bonds is 4. The summed E-state index contributed by atoms with van der Waals surface area (Å²) in [5, 5.41) is 4.08. The van der Waals surface area contributed by atoms with Gasteiger partial charge in [0.2, 0.25) is 5.91 Å². The zero-order valence-electron chi connectivity index (χ0n) is 14.9. The van der Waals surface area contributed by atoms with Gasteiger partial charge in [0, 0.05) is 30.9 Å². The second-order valence-electron chi connectivity index (χ2n) is 7.12. The average Bonchev–Trinajstić information content (AvgIpc) is 2.61. The van der Waals surface area contributed by atoms with Crippen LogP contribution >= 0.6 is 0 Å². The number of likely N-dealkylation sites (tertiary alicyclic amines) is 1. The molecular weight excluding hydrogens is 314 g/mol. The van der Waals surface area contributed by atoms with Crippen LogP contribution in [0, 0.1) is 5.92 Å². The number of carbonyl (C=O) groups is 2. The van der Waals surface area contributed by atoms with E-state index in [2.05, 4.69) is 24.1 Å². The Morgan fingerprint density at radius 2 is 1.88 bits per heavy atom. The van der Waals surface area contributed by atoms with Crippen LogP contribution in [-0.2, 0) is 4.79 Å². The number of hydrogen-bond donors (Lipinski definition) is 1. The van der Waals surface area contributed by atoms with E-state index in [4.69, 9.17) is 0 Å². The fourth-order valence-corrected chi connectivity index (χ4v) is 3.20. The molecule has 0 aliphatic carbocycles. The summed E-state index contributed by atoms with van der Waals surface area (Å²) in [4.78, 5) is 30.9. The molecule has 5 heteroatoms. The molecule has 3 rings (SSSR count). The lowest BCUT2D eigenvalue weighted by molar-refractivity contribution is -0.133. The number of nitrogens with zero attached hydrogens (tertiary/aromatic N) is 2. The minimum Gasteiger partial charge on any atom is -0.348 e. The van der Waals surface area contributed by atoms with Gasteiger partial charge in [-0.3, -0.25) is 9.59 Å². The van der Waals surface area contributed by atoms with Crippen molar-refractivity contribution in [2.45, 2.75) is 39.2 Å². The number of piperidine rings is 1. The summed E-state index contributed by atoms with van der Waals surface area (Å²) < 4.78 is 0. The summed E-state index contributed by atoms with van der Waals surface area (Å²) in [6, 6.07) is 11.5. The summed E-state index contributed by atoms with van der Waals surface area (Å²) in [6.45, 7) is 5.53. The molecule has 1 aromatic carbocycles. The first-order valence-corrected chi connectivity index (χ1v) is 8.97. The van der Waals surface area contributed by atoms with Crippen LogP contribution in [0.3, 0.4) is 0 Å². The van der Waals surface area contributed by atoms with Crippen LogP contribution < -0.4 is 5.32 Å². The first-order chi connectivity index (χ1) is 12.0. The van der Waals surface area contributed by atoms with Gasteiger partial charge in [-0.05, 0) is 30.9 Å². The number of hydrogen-bond acceptors (Lipinski definition) is 3. The monoisotopic (exact) mass is 339 g/mol. The Hall–Kier alpha value is -2.43. The maximum absolute atomic E-state index is 12.5. The van der Waals surface area contributed by atoms with E-state index in [1.54, 1.807) is 6.07 Å². The maximum Gasteiger partial charge on any atom is 0.270 e. The van der Waals surface area contributed by atoms with Crippen molar-refractivity contribution in [1.82, 2.24) is 15.2 Å². The summed E-state index contributed by atoms with van der Waals surface area (Å²) >= 11 is 0. The van der Waals surface area contributed by atoms with E-state index in [1.165, 1.54) is 0 Å². The first-order valence-electron chi connectivity index (χ1n) is 8.97. The molecule has 2 heterocycles. The lowest BCUT2D eigenvalue weighted by atomic mass is 10.0. The van der Waals surface area contributed by atoms with Gasteiger partial charge in [-0.2, -0.15) is 0 Å². The Bertz CT molecular complexity index is 764. The van der Waals surface area contributed by atoms with Crippen LogP contribution in [0.1, 0.15) is 43.6 Å². The minimum absolute atomic E-state index is 0.101. The summed E-state index contributed by atoms with van der Waals surface area (Å²) in [6.07, 6.45) is 2.18. The molecule has 2 amide bonds. The number of fused-ring (bicyclic) bond motifs is 1. The molecule has 0 radical (unpaired) electrons. The number of aromatic nitrogens is 1. The molecule has 132 valence electrons. The van der Waals surface area contributed by atoms with Crippen LogP contribution in [0.5, 0.6) is 0 Å². The highest BCUT2D eigenvalue weighted by Crippen LogP contribution is 2.15. The van der Waals surface area contributed by atoms with Crippen molar-refractivity contribution >= 4 is 22.7 Å². The predicted molar refractivity (Wildman–Crippen MR) is 98.3 cm³/mol. The van der Waals surface area contributed by atoms with Gasteiger partial charge in [0.15, 0.2) is 0 Å². The lowest BCUT2D eigenvalue weighted by Crippen LogP contribution is -2.46. The van der Waals surface area contributed by atoms with Crippen molar-refractivity contribution in [2.75, 3.05) is 13.1 Å². The topological polar surface area (TPSA) is 62.3 Å². The highest BCUT2D eigenvalue weighted by atomic mass is 16.2. The highest BCUT2D eigenvalue weighted by Gasteiger charge is 2.24. The Kier molecular flexibility index (Phi) is 5.31. The van der Waals surface area contributed by atoms with E-state index in [-0.39, 0.29) is 17.9 Å². The minimum atomic E-state index is -0.141. The molecule has 0 atom stereocenters. The highest BCUT2D eigenvalue weighted by molar-refractivity contribution is 5.95. The molecule has 1 aliphatic rings. The van der Waals surface area contributed by atoms with Gasteiger partial charge in [0.05, 0.1) is 5.52 Å². The van der Waals surface area contributed by atoms with Crippen LogP contribution in [0.15, 0.2) is 36.4 Å². The van der Waals surface area contributed by atoms with Crippen LogP contribution in [0.25, 0.3) is 10.9 Å². The fourth-order valence-electron chi connectivity index (χ4n) is 3.20. The number of pyridine rings is 1. The summed E-state index contributed by atoms with van der Waals surface area (Å²) in [5.41, 5.74) is 1.27. The molecule has 1 aromatic heterocycles. The van der Waals surface area contributed by atoms with Crippen molar-refractivity contribution in [1.29, 1.82) is 0 Å². The summed E-state index contributed by atoms with van der Waals surface area (Å²) in [7, 11) is 0. The number of para-hydroxylation sites is 1. The van der Waals surface area contributed by atoms with Gasteiger partial charge in [0.25, 0.3) is 5.91 Å². The normalized spacial score (nSPS) is 15.6. The Balaban J connectivity index is 1.56. The van der Waals surface area contributed by atoms with E-state index in [9.17, 15) is 9.59 Å². The largest absolute Gasteiger partial charge is 0.348 e. The van der Waals surface area contributed by atoms with Gasteiger partial charge < -0.3 is 10.2 Å². The Morgan fingerprint density at radius 3 is 2.60 bits per heavy atom. The van der Waals surface area contributed by atoms with Gasteiger partial charge in [-0.1, -0.05) is 38.1 Å². The number of amides is 2. The summed E-state index contributed by atoms with van der Waals surface area (Å²) in [5.74, 6) is 0.456. The maximum atomic E-state index is 12.5. The smallest absolute Gasteiger partial charge is 0.270 e. The molecular formula is C20H25N3O2. The molecule has 1 saturated heterocycles. The van der Waals surface area contributed by atoms with Crippen LogP contribution in [0.2, 0.25) is 0 Å². The second-order valence-corrected chi connectivity index (χ2v) is 7.12. The third-order valence-electron chi connectivity index (χ3n) is 4.60. The predicted octanol–water partition coefficient (Wildman–Crippen LogP) is 3.00. The Morgan fingerprint density at radius 1 is 1.16 bits per heavy atom. The average molecular weight is 339 g/mol. The van der Waals surface area contributed by atoms with Gasteiger partial charge in [0.1, 0.15) is 5.69 Å². The van der Waals surface area contributed by atoms with E-state index in [1.807, 2.05) is 35.2 Å². The number of carbonyl (C=O) groups excluding carboxylic acids is 2. The molecule has 0 unspecified atom stereocenters.